The third-order valence-corrected chi connectivity index (χ3v) is 4.32. The van der Waals surface area contributed by atoms with E-state index in [1.54, 1.807) is 25.0 Å². The van der Waals surface area contributed by atoms with Crippen molar-refractivity contribution in [2.75, 3.05) is 18.6 Å². The van der Waals surface area contributed by atoms with Crippen LogP contribution in [0.4, 0.5) is 5.69 Å². The Morgan fingerprint density at radius 1 is 1.12 bits per heavy atom. The molecule has 0 radical (unpaired) electrons. The van der Waals surface area contributed by atoms with Crippen LogP contribution in [0.2, 0.25) is 0 Å². The van der Waals surface area contributed by atoms with Gasteiger partial charge in [0.15, 0.2) is 6.10 Å². The number of benzene rings is 2. The number of hydrogen-bond acceptors (Lipinski definition) is 4. The maximum atomic E-state index is 12.6. The lowest BCUT2D eigenvalue weighted by Crippen LogP contribution is -2.38. The first-order valence-corrected chi connectivity index (χ1v) is 8.50. The highest BCUT2D eigenvalue weighted by Crippen LogP contribution is 2.28. The molecule has 0 aliphatic carbocycles. The average molecular weight is 351 g/mol. The molecule has 0 spiro atoms. The summed E-state index contributed by atoms with van der Waals surface area (Å²) >= 11 is 0. The van der Waals surface area contributed by atoms with Gasteiger partial charge in [-0.3, -0.25) is 4.79 Å². The molecule has 1 amide bonds. The van der Waals surface area contributed by atoms with Crippen LogP contribution in [0.3, 0.4) is 0 Å². The van der Waals surface area contributed by atoms with Crippen LogP contribution in [0.15, 0.2) is 54.6 Å². The number of amides is 1. The number of ether oxygens (including phenoxy) is 2. The van der Waals surface area contributed by atoms with Gasteiger partial charge in [0.05, 0.1) is 7.11 Å². The quantitative estimate of drug-likeness (QED) is 0.613. The van der Waals surface area contributed by atoms with Crippen LogP contribution in [-0.4, -0.2) is 31.6 Å². The van der Waals surface area contributed by atoms with Gasteiger partial charge in [-0.2, -0.15) is 0 Å². The van der Waals surface area contributed by atoms with Gasteiger partial charge < -0.3 is 14.4 Å². The van der Waals surface area contributed by atoms with Gasteiger partial charge in [0.1, 0.15) is 5.75 Å². The Morgan fingerprint density at radius 2 is 1.85 bits per heavy atom. The fraction of sp³-hybridized carbons (Fsp3) is 0.238. The van der Waals surface area contributed by atoms with Crippen molar-refractivity contribution in [2.45, 2.75) is 19.4 Å². The fourth-order valence-corrected chi connectivity index (χ4v) is 2.93. The van der Waals surface area contributed by atoms with Gasteiger partial charge in [-0.25, -0.2) is 4.79 Å². The van der Waals surface area contributed by atoms with Gasteiger partial charge in [0.2, 0.25) is 0 Å². The first-order chi connectivity index (χ1) is 12.6. The number of carbonyl (C=O) groups excluding carboxylic acids is 2. The minimum atomic E-state index is -0.839. The molecule has 1 heterocycles. The number of hydrogen-bond donors (Lipinski definition) is 0. The van der Waals surface area contributed by atoms with Crippen LogP contribution in [-0.2, 0) is 20.7 Å². The van der Waals surface area contributed by atoms with E-state index in [-0.39, 0.29) is 5.91 Å². The zero-order chi connectivity index (χ0) is 18.5. The Labute approximate surface area is 152 Å². The molecule has 26 heavy (non-hydrogen) atoms. The van der Waals surface area contributed by atoms with E-state index in [1.165, 1.54) is 6.08 Å². The number of nitrogens with zero attached hydrogens (tertiary/aromatic N) is 1. The Morgan fingerprint density at radius 3 is 2.58 bits per heavy atom. The summed E-state index contributed by atoms with van der Waals surface area (Å²) in [6.45, 7) is 2.21. The lowest BCUT2D eigenvalue weighted by Gasteiger charge is -2.21. The van der Waals surface area contributed by atoms with Crippen molar-refractivity contribution in [3.05, 3.63) is 65.7 Å². The van der Waals surface area contributed by atoms with E-state index in [0.717, 1.165) is 29.0 Å². The summed E-state index contributed by atoms with van der Waals surface area (Å²) in [7, 11) is 1.60. The normalized spacial score (nSPS) is 14.2. The monoisotopic (exact) mass is 351 g/mol. The smallest absolute Gasteiger partial charge is 0.331 e. The number of carbonyl (C=O) groups is 2. The van der Waals surface area contributed by atoms with Crippen molar-refractivity contribution in [1.82, 2.24) is 0 Å². The molecule has 3 rings (SSSR count). The van der Waals surface area contributed by atoms with E-state index in [4.69, 9.17) is 9.47 Å². The lowest BCUT2D eigenvalue weighted by molar-refractivity contribution is -0.149. The number of fused-ring (bicyclic) bond motifs is 1. The first-order valence-electron chi connectivity index (χ1n) is 8.50. The number of rotatable bonds is 5. The maximum absolute atomic E-state index is 12.6. The Hall–Kier alpha value is -3.08. The van der Waals surface area contributed by atoms with Crippen LogP contribution in [0.25, 0.3) is 6.08 Å². The molecule has 2 aromatic rings. The number of methoxy groups -OCH3 is 1. The van der Waals surface area contributed by atoms with Crippen molar-refractivity contribution in [3.8, 4) is 5.75 Å². The van der Waals surface area contributed by atoms with Gasteiger partial charge in [0, 0.05) is 18.3 Å². The fourth-order valence-electron chi connectivity index (χ4n) is 2.93. The summed E-state index contributed by atoms with van der Waals surface area (Å²) in [4.78, 5) is 26.3. The molecule has 0 N–H and O–H groups in total. The highest BCUT2D eigenvalue weighted by molar-refractivity contribution is 6.00. The largest absolute Gasteiger partial charge is 0.497 e. The first kappa shape index (κ1) is 17.7. The molecule has 0 saturated heterocycles. The molecule has 5 nitrogen and oxygen atoms in total. The highest BCUT2D eigenvalue weighted by atomic mass is 16.5. The van der Waals surface area contributed by atoms with Crippen molar-refractivity contribution < 1.29 is 19.1 Å². The third-order valence-electron chi connectivity index (χ3n) is 4.32. The van der Waals surface area contributed by atoms with Crippen molar-refractivity contribution in [2.24, 2.45) is 0 Å². The molecule has 5 heteroatoms. The van der Waals surface area contributed by atoms with Crippen LogP contribution in [0.1, 0.15) is 18.1 Å². The molecule has 1 aliphatic heterocycles. The molecular weight excluding hydrogens is 330 g/mol. The molecule has 134 valence electrons. The molecule has 1 atom stereocenters. The van der Waals surface area contributed by atoms with Gasteiger partial charge >= 0.3 is 5.97 Å². The van der Waals surface area contributed by atoms with E-state index in [9.17, 15) is 9.59 Å². The predicted octanol–water partition coefficient (Wildman–Crippen LogP) is 3.23. The van der Waals surface area contributed by atoms with Crippen LogP contribution < -0.4 is 9.64 Å². The molecular formula is C21H21NO4. The minimum absolute atomic E-state index is 0.207. The van der Waals surface area contributed by atoms with Gasteiger partial charge in [0.25, 0.3) is 5.91 Å². The topological polar surface area (TPSA) is 55.8 Å². The van der Waals surface area contributed by atoms with E-state index < -0.39 is 12.1 Å². The Kier molecular flexibility index (Phi) is 5.37. The Balaban J connectivity index is 1.58. The number of para-hydroxylation sites is 1. The number of anilines is 1. The second-order valence-electron chi connectivity index (χ2n) is 6.05. The summed E-state index contributed by atoms with van der Waals surface area (Å²) < 4.78 is 10.4. The van der Waals surface area contributed by atoms with Gasteiger partial charge in [-0.1, -0.05) is 30.3 Å². The molecule has 0 fully saturated rings. The van der Waals surface area contributed by atoms with Gasteiger partial charge in [-0.05, 0) is 48.7 Å². The summed E-state index contributed by atoms with van der Waals surface area (Å²) in [6.07, 6.45) is 2.95. The van der Waals surface area contributed by atoms with E-state index in [2.05, 4.69) is 0 Å². The lowest BCUT2D eigenvalue weighted by atomic mass is 10.2. The molecule has 0 unspecified atom stereocenters. The van der Waals surface area contributed by atoms with Gasteiger partial charge in [-0.15, -0.1) is 0 Å². The zero-order valence-corrected chi connectivity index (χ0v) is 14.8. The summed E-state index contributed by atoms with van der Waals surface area (Å²) in [5.41, 5.74) is 2.88. The van der Waals surface area contributed by atoms with Crippen LogP contribution >= 0.6 is 0 Å². The third kappa shape index (κ3) is 3.94. The van der Waals surface area contributed by atoms with Crippen LogP contribution in [0.5, 0.6) is 5.75 Å². The second-order valence-corrected chi connectivity index (χ2v) is 6.05. The molecule has 1 aliphatic rings. The SMILES string of the molecule is COc1ccc(/C=C/C(=O)O[C@H](C)C(=O)N2CCc3ccccc32)cc1. The van der Waals surface area contributed by atoms with E-state index in [1.807, 2.05) is 48.5 Å². The summed E-state index contributed by atoms with van der Waals surface area (Å²) in [6, 6.07) is 15.1. The predicted molar refractivity (Wildman–Crippen MR) is 100 cm³/mol. The van der Waals surface area contributed by atoms with E-state index >= 15 is 0 Å². The van der Waals surface area contributed by atoms with E-state index in [0.29, 0.717) is 6.54 Å². The van der Waals surface area contributed by atoms with Crippen molar-refractivity contribution >= 4 is 23.6 Å². The highest BCUT2D eigenvalue weighted by Gasteiger charge is 2.29. The Bertz CT molecular complexity index is 826. The summed E-state index contributed by atoms with van der Waals surface area (Å²) in [5, 5.41) is 0. The second kappa shape index (κ2) is 7.87. The standard InChI is InChI=1S/C21H21NO4/c1-15(21(24)22-14-13-17-5-3-4-6-19(17)22)26-20(23)12-9-16-7-10-18(25-2)11-8-16/h3-12,15H,13-14H2,1-2H3/b12-9+/t15-/m1/s1. The molecule has 0 saturated carbocycles. The summed E-state index contributed by atoms with van der Waals surface area (Å²) in [5.74, 6) is -0.00913. The average Bonchev–Trinajstić information content (AvgIpc) is 3.10. The van der Waals surface area contributed by atoms with Crippen molar-refractivity contribution in [3.63, 3.8) is 0 Å². The van der Waals surface area contributed by atoms with Crippen molar-refractivity contribution in [1.29, 1.82) is 0 Å². The molecule has 2 aromatic carbocycles. The number of esters is 1. The van der Waals surface area contributed by atoms with Crippen LogP contribution in [0, 0.1) is 0 Å². The molecule has 0 bridgehead atoms. The minimum Gasteiger partial charge on any atom is -0.497 e. The molecule has 0 aromatic heterocycles. The zero-order valence-electron chi connectivity index (χ0n) is 14.8. The maximum Gasteiger partial charge on any atom is 0.331 e.